The van der Waals surface area contributed by atoms with Gasteiger partial charge in [-0.05, 0) is 19.8 Å². The number of aliphatic hydroxyl groups excluding tert-OH is 1. The minimum absolute atomic E-state index is 0.0618. The van der Waals surface area contributed by atoms with Crippen LogP contribution in [0.25, 0.3) is 0 Å². The molecule has 122 valence electrons. The van der Waals surface area contributed by atoms with Crippen LogP contribution in [0.3, 0.4) is 0 Å². The van der Waals surface area contributed by atoms with Crippen LogP contribution in [-0.2, 0) is 23.9 Å². The number of carboxylic acids is 1. The fourth-order valence-corrected chi connectivity index (χ4v) is 1.57. The lowest BCUT2D eigenvalue weighted by Crippen LogP contribution is -2.23. The molecule has 2 unspecified atom stereocenters. The molecule has 1 rings (SSSR count). The molecule has 0 aromatic carbocycles. The topological polar surface area (TPSA) is 110 Å². The van der Waals surface area contributed by atoms with Crippen molar-refractivity contribution in [2.45, 2.75) is 46.1 Å². The predicted octanol–water partition coefficient (Wildman–Crippen LogP) is 0.981. The monoisotopic (exact) mass is 304 g/mol. The number of carbonyl (C=O) groups excluding carboxylic acids is 2. The van der Waals surface area contributed by atoms with Gasteiger partial charge in [-0.3, -0.25) is 14.4 Å². The number of esters is 2. The van der Waals surface area contributed by atoms with Crippen LogP contribution in [0.15, 0.2) is 0 Å². The largest absolute Gasteiger partial charge is 0.481 e. The van der Waals surface area contributed by atoms with E-state index in [1.54, 1.807) is 20.8 Å². The number of carbonyl (C=O) groups is 3. The maximum absolute atomic E-state index is 11.5. The van der Waals surface area contributed by atoms with Crippen LogP contribution in [0.2, 0.25) is 0 Å². The number of ether oxygens (including phenoxy) is 2. The standard InChI is InChI=1S/C10H16O5.C4H8O2/c1-7-6-8(2-4-11)10(13)14-5-3-9(12)15-7;1-3(2)4(5)6/h7-8,11H,2-6H2,1H3;3H,1-2H3,(H,5,6). The summed E-state index contributed by atoms with van der Waals surface area (Å²) in [6.07, 6.45) is 0.549. The zero-order chi connectivity index (χ0) is 16.4. The first kappa shape index (κ1) is 19.4. The van der Waals surface area contributed by atoms with E-state index < -0.39 is 5.97 Å². The van der Waals surface area contributed by atoms with Crippen molar-refractivity contribution in [1.82, 2.24) is 0 Å². The summed E-state index contributed by atoms with van der Waals surface area (Å²) in [6, 6.07) is 0. The molecule has 2 atom stereocenters. The number of rotatable bonds is 3. The predicted molar refractivity (Wildman–Crippen MR) is 73.4 cm³/mol. The van der Waals surface area contributed by atoms with Crippen LogP contribution in [0.1, 0.15) is 40.0 Å². The molecule has 21 heavy (non-hydrogen) atoms. The average molecular weight is 304 g/mol. The molecule has 0 aromatic rings. The Kier molecular flexibility index (Phi) is 9.36. The van der Waals surface area contributed by atoms with Crippen molar-refractivity contribution in [3.8, 4) is 0 Å². The van der Waals surface area contributed by atoms with Gasteiger partial charge in [0.1, 0.15) is 6.61 Å². The van der Waals surface area contributed by atoms with Gasteiger partial charge in [-0.2, -0.15) is 0 Å². The molecule has 7 nitrogen and oxygen atoms in total. The van der Waals surface area contributed by atoms with Crippen molar-refractivity contribution < 1.29 is 34.1 Å². The van der Waals surface area contributed by atoms with Gasteiger partial charge in [-0.15, -0.1) is 0 Å². The van der Waals surface area contributed by atoms with Gasteiger partial charge in [0.05, 0.1) is 24.4 Å². The van der Waals surface area contributed by atoms with E-state index >= 15 is 0 Å². The van der Waals surface area contributed by atoms with E-state index in [9.17, 15) is 14.4 Å². The van der Waals surface area contributed by atoms with Crippen molar-refractivity contribution in [2.75, 3.05) is 13.2 Å². The Hall–Kier alpha value is -1.63. The zero-order valence-electron chi connectivity index (χ0n) is 12.7. The Morgan fingerprint density at radius 1 is 1.38 bits per heavy atom. The number of hydrogen-bond acceptors (Lipinski definition) is 6. The molecule has 0 aliphatic carbocycles. The number of cyclic esters (lactones) is 2. The SMILES string of the molecule is CC(C)C(=O)O.CC1CC(CCO)C(=O)OCCC(=O)O1. The van der Waals surface area contributed by atoms with Crippen molar-refractivity contribution >= 4 is 17.9 Å². The quantitative estimate of drug-likeness (QED) is 0.748. The molecule has 1 aliphatic heterocycles. The van der Waals surface area contributed by atoms with Crippen LogP contribution < -0.4 is 0 Å². The van der Waals surface area contributed by atoms with Crippen molar-refractivity contribution in [3.05, 3.63) is 0 Å². The van der Waals surface area contributed by atoms with E-state index in [4.69, 9.17) is 19.7 Å². The molecular weight excluding hydrogens is 280 g/mol. The molecule has 1 saturated heterocycles. The molecule has 1 heterocycles. The summed E-state index contributed by atoms with van der Waals surface area (Å²) in [5.74, 6) is -2.05. The molecule has 7 heteroatoms. The highest BCUT2D eigenvalue weighted by Crippen LogP contribution is 2.17. The van der Waals surface area contributed by atoms with E-state index in [0.717, 1.165) is 0 Å². The Balaban J connectivity index is 0.000000567. The summed E-state index contributed by atoms with van der Waals surface area (Å²) in [4.78, 5) is 32.3. The first-order valence-corrected chi connectivity index (χ1v) is 6.97. The lowest BCUT2D eigenvalue weighted by atomic mass is 9.99. The number of carboxylic acid groups (broad SMARTS) is 1. The molecule has 0 spiro atoms. The van der Waals surface area contributed by atoms with E-state index in [-0.39, 0.29) is 49.5 Å². The first-order chi connectivity index (χ1) is 9.77. The first-order valence-electron chi connectivity index (χ1n) is 6.97. The third kappa shape index (κ3) is 9.01. The van der Waals surface area contributed by atoms with E-state index in [0.29, 0.717) is 12.8 Å². The summed E-state index contributed by atoms with van der Waals surface area (Å²) in [5, 5.41) is 16.8. The lowest BCUT2D eigenvalue weighted by Gasteiger charge is -2.16. The van der Waals surface area contributed by atoms with Crippen LogP contribution in [0.5, 0.6) is 0 Å². The fourth-order valence-electron chi connectivity index (χ4n) is 1.57. The second kappa shape index (κ2) is 10.1. The van der Waals surface area contributed by atoms with Gasteiger partial charge in [0.15, 0.2) is 0 Å². The van der Waals surface area contributed by atoms with Crippen LogP contribution in [0.4, 0.5) is 0 Å². The normalized spacial score (nSPS) is 22.9. The lowest BCUT2D eigenvalue weighted by molar-refractivity contribution is -0.149. The maximum atomic E-state index is 11.5. The summed E-state index contributed by atoms with van der Waals surface area (Å²) < 4.78 is 9.94. The summed E-state index contributed by atoms with van der Waals surface area (Å²) >= 11 is 0. The maximum Gasteiger partial charge on any atom is 0.309 e. The molecule has 0 saturated carbocycles. The minimum Gasteiger partial charge on any atom is -0.481 e. The Morgan fingerprint density at radius 3 is 2.43 bits per heavy atom. The van der Waals surface area contributed by atoms with Gasteiger partial charge in [-0.25, -0.2) is 0 Å². The molecule has 0 radical (unpaired) electrons. The fraction of sp³-hybridized carbons (Fsp3) is 0.786. The molecule has 1 fully saturated rings. The molecule has 2 N–H and O–H groups in total. The minimum atomic E-state index is -0.741. The van der Waals surface area contributed by atoms with Crippen molar-refractivity contribution in [2.24, 2.45) is 11.8 Å². The van der Waals surface area contributed by atoms with Gasteiger partial charge in [0.2, 0.25) is 0 Å². The highest BCUT2D eigenvalue weighted by Gasteiger charge is 2.25. The van der Waals surface area contributed by atoms with Crippen molar-refractivity contribution in [3.63, 3.8) is 0 Å². The smallest absolute Gasteiger partial charge is 0.309 e. The van der Waals surface area contributed by atoms with Crippen molar-refractivity contribution in [1.29, 1.82) is 0 Å². The highest BCUT2D eigenvalue weighted by atomic mass is 16.6. The summed E-state index contributed by atoms with van der Waals surface area (Å²) in [5.41, 5.74) is 0. The molecule has 1 aliphatic rings. The van der Waals surface area contributed by atoms with E-state index in [1.807, 2.05) is 0 Å². The van der Waals surface area contributed by atoms with Crippen LogP contribution in [-0.4, -0.2) is 47.4 Å². The average Bonchev–Trinajstić information content (AvgIpc) is 2.42. The summed E-state index contributed by atoms with van der Waals surface area (Å²) in [7, 11) is 0. The number of aliphatic hydroxyl groups is 1. The third-order valence-corrected chi connectivity index (χ3v) is 2.80. The Labute approximate surface area is 124 Å². The number of aliphatic carboxylic acids is 1. The highest BCUT2D eigenvalue weighted by molar-refractivity contribution is 5.74. The van der Waals surface area contributed by atoms with Crippen LogP contribution >= 0.6 is 0 Å². The molecule has 0 amide bonds. The Morgan fingerprint density at radius 2 is 1.95 bits per heavy atom. The molecule has 0 bridgehead atoms. The third-order valence-electron chi connectivity index (χ3n) is 2.80. The van der Waals surface area contributed by atoms with Crippen LogP contribution in [0, 0.1) is 11.8 Å². The van der Waals surface area contributed by atoms with Gasteiger partial charge < -0.3 is 19.7 Å². The van der Waals surface area contributed by atoms with E-state index in [2.05, 4.69) is 0 Å². The van der Waals surface area contributed by atoms with Gasteiger partial charge in [0.25, 0.3) is 0 Å². The van der Waals surface area contributed by atoms with Gasteiger partial charge in [-0.1, -0.05) is 13.8 Å². The Bertz CT molecular complexity index is 351. The zero-order valence-corrected chi connectivity index (χ0v) is 12.7. The number of hydrogen-bond donors (Lipinski definition) is 2. The molecular formula is C14H24O7. The van der Waals surface area contributed by atoms with Gasteiger partial charge >= 0.3 is 17.9 Å². The second-order valence-electron chi connectivity index (χ2n) is 5.16. The second-order valence-corrected chi connectivity index (χ2v) is 5.16. The summed E-state index contributed by atoms with van der Waals surface area (Å²) in [6.45, 7) is 5.01. The van der Waals surface area contributed by atoms with Gasteiger partial charge in [0, 0.05) is 6.61 Å². The molecule has 0 aromatic heterocycles. The van der Waals surface area contributed by atoms with E-state index in [1.165, 1.54) is 0 Å².